The summed E-state index contributed by atoms with van der Waals surface area (Å²) in [6, 6.07) is 5.35. The smallest absolute Gasteiger partial charge is 0.134 e. The van der Waals surface area contributed by atoms with Crippen molar-refractivity contribution in [3.05, 3.63) is 28.8 Å². The van der Waals surface area contributed by atoms with Gasteiger partial charge in [-0.1, -0.05) is 17.7 Å². The molecule has 1 aliphatic heterocycles. The molecule has 4 heteroatoms. The predicted molar refractivity (Wildman–Crippen MR) is 59.2 cm³/mol. The summed E-state index contributed by atoms with van der Waals surface area (Å²) in [5, 5.41) is 9.70. The van der Waals surface area contributed by atoms with E-state index in [9.17, 15) is 5.11 Å². The Morgan fingerprint density at radius 3 is 2.73 bits per heavy atom. The first kappa shape index (κ1) is 10.7. The van der Waals surface area contributed by atoms with Gasteiger partial charge in [-0.3, -0.25) is 4.90 Å². The van der Waals surface area contributed by atoms with E-state index in [-0.39, 0.29) is 5.75 Å². The summed E-state index contributed by atoms with van der Waals surface area (Å²) in [5.41, 5.74) is 1.12. The van der Waals surface area contributed by atoms with E-state index in [2.05, 4.69) is 4.90 Å². The van der Waals surface area contributed by atoms with E-state index in [0.29, 0.717) is 5.02 Å². The molecule has 1 aliphatic rings. The zero-order valence-corrected chi connectivity index (χ0v) is 9.20. The number of phenols is 1. The number of halogens is 1. The van der Waals surface area contributed by atoms with Crippen molar-refractivity contribution in [3.63, 3.8) is 0 Å². The Hall–Kier alpha value is -0.770. The van der Waals surface area contributed by atoms with Gasteiger partial charge in [-0.05, 0) is 17.7 Å². The molecule has 0 saturated carbocycles. The van der Waals surface area contributed by atoms with Crippen LogP contribution < -0.4 is 0 Å². The first-order chi connectivity index (χ1) is 7.25. The Kier molecular flexibility index (Phi) is 3.46. The average molecular weight is 228 g/mol. The lowest BCUT2D eigenvalue weighted by Crippen LogP contribution is -2.35. The molecule has 2 rings (SSSR count). The molecule has 1 saturated heterocycles. The van der Waals surface area contributed by atoms with Crippen LogP contribution >= 0.6 is 11.6 Å². The van der Waals surface area contributed by atoms with Gasteiger partial charge in [0.05, 0.1) is 18.2 Å². The highest BCUT2D eigenvalue weighted by Gasteiger charge is 2.11. The first-order valence-electron chi connectivity index (χ1n) is 5.03. The van der Waals surface area contributed by atoms with Gasteiger partial charge in [0.1, 0.15) is 5.75 Å². The molecule has 1 heterocycles. The highest BCUT2D eigenvalue weighted by atomic mass is 35.5. The van der Waals surface area contributed by atoms with Crippen LogP contribution in [0.2, 0.25) is 5.02 Å². The number of phenolic OH excluding ortho intramolecular Hbond substituents is 1. The first-order valence-corrected chi connectivity index (χ1v) is 5.41. The summed E-state index contributed by atoms with van der Waals surface area (Å²) >= 11 is 5.84. The van der Waals surface area contributed by atoms with Crippen molar-refractivity contribution in [1.29, 1.82) is 0 Å². The van der Waals surface area contributed by atoms with Gasteiger partial charge in [0.15, 0.2) is 0 Å². The van der Waals surface area contributed by atoms with Gasteiger partial charge in [-0.15, -0.1) is 0 Å². The maximum atomic E-state index is 9.28. The number of rotatable bonds is 2. The van der Waals surface area contributed by atoms with Gasteiger partial charge < -0.3 is 9.84 Å². The highest BCUT2D eigenvalue weighted by molar-refractivity contribution is 6.32. The van der Waals surface area contributed by atoms with Gasteiger partial charge >= 0.3 is 0 Å². The molecule has 0 aromatic heterocycles. The Morgan fingerprint density at radius 1 is 1.33 bits per heavy atom. The topological polar surface area (TPSA) is 32.7 Å². The summed E-state index contributed by atoms with van der Waals surface area (Å²) in [7, 11) is 0. The van der Waals surface area contributed by atoms with E-state index < -0.39 is 0 Å². The minimum atomic E-state index is 0.141. The van der Waals surface area contributed by atoms with Crippen LogP contribution in [0, 0.1) is 0 Å². The van der Waals surface area contributed by atoms with E-state index >= 15 is 0 Å². The lowest BCUT2D eigenvalue weighted by atomic mass is 10.2. The molecule has 0 amide bonds. The predicted octanol–water partition coefficient (Wildman–Crippen LogP) is 1.88. The molecule has 0 spiro atoms. The minimum Gasteiger partial charge on any atom is -0.506 e. The molecule has 0 atom stereocenters. The number of ether oxygens (including phenoxy) is 1. The quantitative estimate of drug-likeness (QED) is 0.838. The van der Waals surface area contributed by atoms with E-state index in [1.165, 1.54) is 0 Å². The van der Waals surface area contributed by atoms with Crippen LogP contribution in [0.15, 0.2) is 18.2 Å². The van der Waals surface area contributed by atoms with Crippen molar-refractivity contribution < 1.29 is 9.84 Å². The summed E-state index contributed by atoms with van der Waals surface area (Å²) < 4.78 is 5.27. The molecule has 3 nitrogen and oxygen atoms in total. The standard InChI is InChI=1S/C11H14ClNO2/c12-10-7-9(1-2-11(10)14)8-13-3-5-15-6-4-13/h1-2,7,14H,3-6,8H2. The van der Waals surface area contributed by atoms with Crippen molar-refractivity contribution in [1.82, 2.24) is 4.90 Å². The molecule has 1 fully saturated rings. The van der Waals surface area contributed by atoms with Gasteiger partial charge in [-0.25, -0.2) is 0 Å². The maximum absolute atomic E-state index is 9.28. The van der Waals surface area contributed by atoms with E-state index in [4.69, 9.17) is 16.3 Å². The lowest BCUT2D eigenvalue weighted by Gasteiger charge is -2.26. The van der Waals surface area contributed by atoms with Crippen LogP contribution in [-0.4, -0.2) is 36.3 Å². The molecule has 1 aromatic carbocycles. The molecule has 82 valence electrons. The summed E-state index contributed by atoms with van der Waals surface area (Å²) in [6.45, 7) is 4.37. The third-order valence-electron chi connectivity index (χ3n) is 2.52. The van der Waals surface area contributed by atoms with Crippen LogP contribution in [-0.2, 0) is 11.3 Å². The Bertz CT molecular complexity index is 337. The second-order valence-corrected chi connectivity index (χ2v) is 4.08. The molecule has 1 N–H and O–H groups in total. The van der Waals surface area contributed by atoms with E-state index in [1.807, 2.05) is 12.1 Å². The third kappa shape index (κ3) is 2.84. The van der Waals surface area contributed by atoms with E-state index in [0.717, 1.165) is 38.4 Å². The summed E-state index contributed by atoms with van der Waals surface area (Å²) in [6.07, 6.45) is 0. The third-order valence-corrected chi connectivity index (χ3v) is 2.82. The zero-order chi connectivity index (χ0) is 10.7. The second kappa shape index (κ2) is 4.84. The number of hydrogen-bond acceptors (Lipinski definition) is 3. The molecule has 15 heavy (non-hydrogen) atoms. The molecular formula is C11H14ClNO2. The van der Waals surface area contributed by atoms with E-state index in [1.54, 1.807) is 6.07 Å². The molecule has 0 unspecified atom stereocenters. The Balaban J connectivity index is 2.00. The fourth-order valence-electron chi connectivity index (χ4n) is 1.67. The molecule has 0 radical (unpaired) electrons. The Labute approximate surface area is 94.2 Å². The number of morpholine rings is 1. The largest absolute Gasteiger partial charge is 0.506 e. The summed E-state index contributed by atoms with van der Waals surface area (Å²) in [4.78, 5) is 2.31. The molecule has 1 aromatic rings. The minimum absolute atomic E-state index is 0.141. The van der Waals surface area contributed by atoms with Crippen LogP contribution in [0.4, 0.5) is 0 Å². The lowest BCUT2D eigenvalue weighted by molar-refractivity contribution is 0.0342. The van der Waals surface area contributed by atoms with Crippen molar-refractivity contribution in [3.8, 4) is 5.75 Å². The fraction of sp³-hybridized carbons (Fsp3) is 0.455. The van der Waals surface area contributed by atoms with Crippen molar-refractivity contribution in [2.45, 2.75) is 6.54 Å². The number of benzene rings is 1. The van der Waals surface area contributed by atoms with Crippen LogP contribution in [0.1, 0.15) is 5.56 Å². The molecular weight excluding hydrogens is 214 g/mol. The number of nitrogens with zero attached hydrogens (tertiary/aromatic N) is 1. The maximum Gasteiger partial charge on any atom is 0.134 e. The molecule has 0 bridgehead atoms. The summed E-state index contributed by atoms with van der Waals surface area (Å²) in [5.74, 6) is 0.141. The van der Waals surface area contributed by atoms with Crippen LogP contribution in [0.3, 0.4) is 0 Å². The fourth-order valence-corrected chi connectivity index (χ4v) is 1.87. The SMILES string of the molecule is Oc1ccc(CN2CCOCC2)cc1Cl. The van der Waals surface area contributed by atoms with Gasteiger partial charge in [0.25, 0.3) is 0 Å². The van der Waals surface area contributed by atoms with Gasteiger partial charge in [-0.2, -0.15) is 0 Å². The number of hydrogen-bond donors (Lipinski definition) is 1. The van der Waals surface area contributed by atoms with Gasteiger partial charge in [0.2, 0.25) is 0 Å². The molecule has 0 aliphatic carbocycles. The van der Waals surface area contributed by atoms with Crippen LogP contribution in [0.25, 0.3) is 0 Å². The zero-order valence-electron chi connectivity index (χ0n) is 8.45. The second-order valence-electron chi connectivity index (χ2n) is 3.67. The average Bonchev–Trinajstić information content (AvgIpc) is 2.25. The Morgan fingerprint density at radius 2 is 2.07 bits per heavy atom. The van der Waals surface area contributed by atoms with Crippen molar-refractivity contribution >= 4 is 11.6 Å². The van der Waals surface area contributed by atoms with Crippen LogP contribution in [0.5, 0.6) is 5.75 Å². The van der Waals surface area contributed by atoms with Gasteiger partial charge in [0, 0.05) is 19.6 Å². The number of aromatic hydroxyl groups is 1. The van der Waals surface area contributed by atoms with Crippen molar-refractivity contribution in [2.24, 2.45) is 0 Å². The highest BCUT2D eigenvalue weighted by Crippen LogP contribution is 2.24. The van der Waals surface area contributed by atoms with Crippen molar-refractivity contribution in [2.75, 3.05) is 26.3 Å². The normalized spacial score (nSPS) is 17.9. The monoisotopic (exact) mass is 227 g/mol.